The molecule has 0 heterocycles. The molecule has 0 bridgehead atoms. The van der Waals surface area contributed by atoms with Crippen molar-refractivity contribution in [2.75, 3.05) is 0 Å². The predicted octanol–water partition coefficient (Wildman–Crippen LogP) is 2.80. The predicted molar refractivity (Wildman–Crippen MR) is 46.4 cm³/mol. The van der Waals surface area contributed by atoms with Crippen LogP contribution in [0.25, 0.3) is 0 Å². The minimum absolute atomic E-state index is 0.371. The van der Waals surface area contributed by atoms with Crippen LogP contribution >= 0.6 is 45.2 Å². The first-order valence-corrected chi connectivity index (χ1v) is 3.89. The summed E-state index contributed by atoms with van der Waals surface area (Å²) in [5.41, 5.74) is 0. The molecule has 0 rings (SSSR count). The zero-order chi connectivity index (χ0) is 5.21. The van der Waals surface area contributed by atoms with Gasteiger partial charge in [0.05, 0.1) is 1.43 Å². The van der Waals surface area contributed by atoms with Crippen LogP contribution in [0.2, 0.25) is 0 Å². The van der Waals surface area contributed by atoms with E-state index in [1.165, 1.54) is 0 Å². The second-order valence-corrected chi connectivity index (χ2v) is 8.15. The highest BCUT2D eigenvalue weighted by atomic mass is 127. The maximum Gasteiger partial charge on any atom is 0.0706 e. The Morgan fingerprint density at radius 3 is 1.83 bits per heavy atom. The molecule has 37 valence electrons. The monoisotopic (exact) mass is 309 g/mol. The summed E-state index contributed by atoms with van der Waals surface area (Å²) >= 11 is 4.73. The highest BCUT2D eigenvalue weighted by Crippen LogP contribution is 2.29. The number of hydrogen-bond donors (Lipinski definition) is 0. The van der Waals surface area contributed by atoms with Gasteiger partial charge in [-0.25, -0.2) is 0 Å². The zero-order valence-corrected chi connectivity index (χ0v) is 7.99. The molecule has 0 aliphatic carbocycles. The standard InChI is InChI=1S/C4H7I2/c1-3-4(2,5)6/h1,3H2,2H3. The summed E-state index contributed by atoms with van der Waals surface area (Å²) in [5.74, 6) is 0. The van der Waals surface area contributed by atoms with E-state index in [1.54, 1.807) is 0 Å². The van der Waals surface area contributed by atoms with Crippen molar-refractivity contribution >= 4 is 45.2 Å². The van der Waals surface area contributed by atoms with Crippen molar-refractivity contribution in [3.8, 4) is 0 Å². The van der Waals surface area contributed by atoms with Crippen molar-refractivity contribution in [2.24, 2.45) is 0 Å². The molecule has 0 saturated carbocycles. The normalized spacial score (nSPS) is 12.0. The van der Waals surface area contributed by atoms with Crippen LogP contribution in [0.4, 0.5) is 0 Å². The molecule has 0 aliphatic heterocycles. The first-order valence-electron chi connectivity index (χ1n) is 1.73. The topological polar surface area (TPSA) is 0 Å². The Balaban J connectivity index is 3.17. The molecule has 0 nitrogen and oxygen atoms in total. The Morgan fingerprint density at radius 2 is 1.83 bits per heavy atom. The van der Waals surface area contributed by atoms with Gasteiger partial charge in [0.15, 0.2) is 0 Å². The molecule has 0 aromatic rings. The van der Waals surface area contributed by atoms with Crippen LogP contribution in [-0.2, 0) is 0 Å². The Bertz CT molecular complexity index is 35.3. The van der Waals surface area contributed by atoms with Gasteiger partial charge in [-0.1, -0.05) is 52.1 Å². The van der Waals surface area contributed by atoms with E-state index in [1.807, 2.05) is 0 Å². The van der Waals surface area contributed by atoms with Crippen LogP contribution in [0.5, 0.6) is 0 Å². The Kier molecular flexibility index (Phi) is 3.35. The van der Waals surface area contributed by atoms with Gasteiger partial charge in [-0.3, -0.25) is 0 Å². The summed E-state index contributed by atoms with van der Waals surface area (Å²) in [5, 5.41) is 0. The molecule has 0 unspecified atom stereocenters. The summed E-state index contributed by atoms with van der Waals surface area (Å²) in [6, 6.07) is 0. The minimum Gasteiger partial charge on any atom is -0.0675 e. The Morgan fingerprint density at radius 1 is 1.67 bits per heavy atom. The van der Waals surface area contributed by atoms with Crippen molar-refractivity contribution < 1.29 is 0 Å². The lowest BCUT2D eigenvalue weighted by atomic mass is 10.4. The summed E-state index contributed by atoms with van der Waals surface area (Å²) in [4.78, 5) is 0. The summed E-state index contributed by atoms with van der Waals surface area (Å²) in [7, 11) is 0. The largest absolute Gasteiger partial charge is 0.0706 e. The average Bonchev–Trinajstić information content (AvgIpc) is 1.35. The van der Waals surface area contributed by atoms with Gasteiger partial charge in [0, 0.05) is 0 Å². The smallest absolute Gasteiger partial charge is 0.0675 e. The van der Waals surface area contributed by atoms with Crippen molar-refractivity contribution in [1.29, 1.82) is 0 Å². The van der Waals surface area contributed by atoms with Crippen molar-refractivity contribution in [2.45, 2.75) is 14.8 Å². The van der Waals surface area contributed by atoms with Gasteiger partial charge >= 0.3 is 0 Å². The fourth-order valence-corrected chi connectivity index (χ4v) is 0. The third-order valence-corrected chi connectivity index (χ3v) is 1.52. The number of halogens is 2. The fraction of sp³-hybridized carbons (Fsp3) is 0.750. The van der Waals surface area contributed by atoms with Gasteiger partial charge in [-0.05, 0) is 13.3 Å². The second kappa shape index (κ2) is 2.69. The summed E-state index contributed by atoms with van der Waals surface area (Å²) < 4.78 is 0.371. The van der Waals surface area contributed by atoms with Crippen LogP contribution in [0.1, 0.15) is 13.3 Å². The van der Waals surface area contributed by atoms with Crippen LogP contribution in [0, 0.1) is 6.92 Å². The fourth-order valence-electron chi connectivity index (χ4n) is 0. The lowest BCUT2D eigenvalue weighted by Crippen LogP contribution is -1.98. The van der Waals surface area contributed by atoms with Crippen molar-refractivity contribution in [3.05, 3.63) is 6.92 Å². The maximum absolute atomic E-state index is 3.74. The van der Waals surface area contributed by atoms with Crippen LogP contribution in [0.3, 0.4) is 0 Å². The van der Waals surface area contributed by atoms with Gasteiger partial charge in [0.25, 0.3) is 0 Å². The second-order valence-electron chi connectivity index (χ2n) is 1.32. The van der Waals surface area contributed by atoms with Gasteiger partial charge < -0.3 is 0 Å². The summed E-state index contributed by atoms with van der Waals surface area (Å²) in [6.45, 7) is 5.90. The number of rotatable bonds is 1. The van der Waals surface area contributed by atoms with Gasteiger partial charge in [0.1, 0.15) is 0 Å². The van der Waals surface area contributed by atoms with E-state index in [-0.39, 0.29) is 0 Å². The lowest BCUT2D eigenvalue weighted by molar-refractivity contribution is 0.987. The Hall–Kier alpha value is 1.46. The quantitative estimate of drug-likeness (QED) is 0.516. The first kappa shape index (κ1) is 7.46. The van der Waals surface area contributed by atoms with Crippen molar-refractivity contribution in [3.63, 3.8) is 0 Å². The van der Waals surface area contributed by atoms with E-state index in [2.05, 4.69) is 59.0 Å². The highest BCUT2D eigenvalue weighted by Gasteiger charge is 2.08. The number of alkyl halides is 2. The average molecular weight is 309 g/mol. The van der Waals surface area contributed by atoms with Gasteiger partial charge in [-0.2, -0.15) is 0 Å². The zero-order valence-electron chi connectivity index (χ0n) is 3.67. The van der Waals surface area contributed by atoms with E-state index in [4.69, 9.17) is 0 Å². The molecular formula is C4H7I2. The van der Waals surface area contributed by atoms with E-state index in [0.717, 1.165) is 6.42 Å². The highest BCUT2D eigenvalue weighted by molar-refractivity contribution is 14.2. The van der Waals surface area contributed by atoms with Crippen LogP contribution in [-0.4, -0.2) is 1.43 Å². The van der Waals surface area contributed by atoms with E-state index in [9.17, 15) is 0 Å². The van der Waals surface area contributed by atoms with E-state index < -0.39 is 0 Å². The Labute approximate surface area is 66.4 Å². The van der Waals surface area contributed by atoms with E-state index in [0.29, 0.717) is 1.43 Å². The molecule has 0 N–H and O–H groups in total. The molecule has 0 saturated heterocycles. The molecule has 0 aromatic heterocycles. The van der Waals surface area contributed by atoms with Crippen LogP contribution in [0.15, 0.2) is 0 Å². The molecule has 0 spiro atoms. The van der Waals surface area contributed by atoms with Crippen LogP contribution < -0.4 is 0 Å². The van der Waals surface area contributed by atoms with Crippen molar-refractivity contribution in [1.82, 2.24) is 0 Å². The lowest BCUT2D eigenvalue weighted by Gasteiger charge is -2.07. The molecule has 1 radical (unpaired) electrons. The molecule has 0 amide bonds. The molecular weight excluding hydrogens is 302 g/mol. The molecule has 6 heavy (non-hydrogen) atoms. The minimum atomic E-state index is 0.371. The third kappa shape index (κ3) is 5.46. The molecule has 0 atom stereocenters. The maximum atomic E-state index is 3.74. The first-order chi connectivity index (χ1) is 2.56. The molecule has 0 fully saturated rings. The number of hydrogen-bond acceptors (Lipinski definition) is 0. The molecule has 0 aliphatic rings. The molecule has 0 aromatic carbocycles. The van der Waals surface area contributed by atoms with Gasteiger partial charge in [0.2, 0.25) is 0 Å². The SMILES string of the molecule is [CH2]CC(C)(I)I. The molecule has 2 heteroatoms. The summed E-state index contributed by atoms with van der Waals surface area (Å²) in [6.07, 6.45) is 0.994. The third-order valence-electron chi connectivity index (χ3n) is 0.439. The van der Waals surface area contributed by atoms with E-state index >= 15 is 0 Å². The van der Waals surface area contributed by atoms with Gasteiger partial charge in [-0.15, -0.1) is 0 Å².